The minimum absolute atomic E-state index is 0.188. The molecular weight excluding hydrogens is 214 g/mol. The van der Waals surface area contributed by atoms with Gasteiger partial charge in [-0.05, 0) is 50.7 Å². The number of piperidine rings is 1. The van der Waals surface area contributed by atoms with Crippen LogP contribution in [-0.2, 0) is 11.3 Å². The molecule has 4 nitrogen and oxygen atoms in total. The van der Waals surface area contributed by atoms with E-state index in [0.717, 1.165) is 31.5 Å². The molecule has 0 spiro atoms. The fourth-order valence-corrected chi connectivity index (χ4v) is 2.10. The summed E-state index contributed by atoms with van der Waals surface area (Å²) in [6.45, 7) is 2.65. The summed E-state index contributed by atoms with van der Waals surface area (Å²) in [5.74, 6) is 0.378. The largest absolute Gasteiger partial charge is 0.352 e. The van der Waals surface area contributed by atoms with E-state index in [9.17, 15) is 4.79 Å². The summed E-state index contributed by atoms with van der Waals surface area (Å²) in [7, 11) is 2.10. The van der Waals surface area contributed by atoms with E-state index < -0.39 is 0 Å². The van der Waals surface area contributed by atoms with Crippen molar-refractivity contribution in [3.63, 3.8) is 0 Å². The molecule has 1 amide bonds. The van der Waals surface area contributed by atoms with Gasteiger partial charge in [-0.2, -0.15) is 0 Å². The van der Waals surface area contributed by atoms with E-state index in [1.54, 1.807) is 12.4 Å². The number of nitrogens with one attached hydrogen (secondary N) is 1. The second-order valence-electron chi connectivity index (χ2n) is 4.65. The molecule has 1 aliphatic heterocycles. The standard InChI is InChI=1S/C13H19N3O/c1-16-8-4-12(5-9-16)13(17)15-10-11-2-6-14-7-3-11/h2-3,6-7,12H,4-5,8-10H2,1H3,(H,15,17). The minimum Gasteiger partial charge on any atom is -0.352 e. The van der Waals surface area contributed by atoms with Crippen LogP contribution in [0.1, 0.15) is 18.4 Å². The van der Waals surface area contributed by atoms with Gasteiger partial charge in [-0.3, -0.25) is 9.78 Å². The summed E-state index contributed by atoms with van der Waals surface area (Å²) in [5.41, 5.74) is 1.10. The van der Waals surface area contributed by atoms with Gasteiger partial charge in [-0.25, -0.2) is 0 Å². The minimum atomic E-state index is 0.188. The first-order valence-electron chi connectivity index (χ1n) is 6.11. The maximum atomic E-state index is 11.9. The summed E-state index contributed by atoms with van der Waals surface area (Å²) in [5, 5.41) is 3.00. The molecule has 1 saturated heterocycles. The van der Waals surface area contributed by atoms with Crippen molar-refractivity contribution in [1.82, 2.24) is 15.2 Å². The highest BCUT2D eigenvalue weighted by atomic mass is 16.1. The molecule has 2 heterocycles. The van der Waals surface area contributed by atoms with Crippen molar-refractivity contribution in [2.24, 2.45) is 5.92 Å². The van der Waals surface area contributed by atoms with Crippen LogP contribution in [0, 0.1) is 5.92 Å². The van der Waals surface area contributed by atoms with Crippen molar-refractivity contribution in [3.05, 3.63) is 30.1 Å². The predicted molar refractivity (Wildman–Crippen MR) is 66.3 cm³/mol. The Balaban J connectivity index is 1.78. The quantitative estimate of drug-likeness (QED) is 0.848. The number of carbonyl (C=O) groups is 1. The smallest absolute Gasteiger partial charge is 0.223 e. The van der Waals surface area contributed by atoms with Crippen LogP contribution in [0.4, 0.5) is 0 Å². The zero-order valence-corrected chi connectivity index (χ0v) is 10.2. The van der Waals surface area contributed by atoms with E-state index >= 15 is 0 Å². The van der Waals surface area contributed by atoms with Gasteiger partial charge in [-0.1, -0.05) is 0 Å². The van der Waals surface area contributed by atoms with Crippen molar-refractivity contribution in [2.45, 2.75) is 19.4 Å². The molecule has 0 aliphatic carbocycles. The number of nitrogens with zero attached hydrogens (tertiary/aromatic N) is 2. The Morgan fingerprint density at radius 1 is 1.41 bits per heavy atom. The molecule has 92 valence electrons. The van der Waals surface area contributed by atoms with E-state index in [4.69, 9.17) is 0 Å². The Kier molecular flexibility index (Phi) is 4.09. The summed E-state index contributed by atoms with van der Waals surface area (Å²) in [4.78, 5) is 18.2. The van der Waals surface area contributed by atoms with Crippen molar-refractivity contribution < 1.29 is 4.79 Å². The molecule has 0 saturated carbocycles. The Bertz CT molecular complexity index is 358. The fraction of sp³-hybridized carbons (Fsp3) is 0.538. The van der Waals surface area contributed by atoms with Crippen molar-refractivity contribution in [3.8, 4) is 0 Å². The Morgan fingerprint density at radius 2 is 2.06 bits per heavy atom. The third kappa shape index (κ3) is 3.53. The zero-order valence-electron chi connectivity index (χ0n) is 10.2. The first kappa shape index (κ1) is 12.0. The van der Waals surface area contributed by atoms with E-state index in [1.807, 2.05) is 12.1 Å². The summed E-state index contributed by atoms with van der Waals surface area (Å²) in [6, 6.07) is 3.85. The van der Waals surface area contributed by atoms with Crippen LogP contribution >= 0.6 is 0 Å². The van der Waals surface area contributed by atoms with Crippen molar-refractivity contribution in [2.75, 3.05) is 20.1 Å². The normalized spacial score (nSPS) is 17.9. The monoisotopic (exact) mass is 233 g/mol. The number of hydrogen-bond donors (Lipinski definition) is 1. The van der Waals surface area contributed by atoms with Crippen LogP contribution in [0.3, 0.4) is 0 Å². The SMILES string of the molecule is CN1CCC(C(=O)NCc2ccncc2)CC1. The van der Waals surface area contributed by atoms with Gasteiger partial charge in [0.15, 0.2) is 0 Å². The van der Waals surface area contributed by atoms with E-state index in [-0.39, 0.29) is 11.8 Å². The second kappa shape index (κ2) is 5.77. The molecule has 0 atom stereocenters. The molecular formula is C13H19N3O. The molecule has 0 unspecified atom stereocenters. The lowest BCUT2D eigenvalue weighted by atomic mass is 9.96. The number of likely N-dealkylation sites (tertiary alicyclic amines) is 1. The van der Waals surface area contributed by atoms with E-state index in [0.29, 0.717) is 6.54 Å². The highest BCUT2D eigenvalue weighted by Gasteiger charge is 2.22. The van der Waals surface area contributed by atoms with Crippen LogP contribution in [0.5, 0.6) is 0 Å². The molecule has 0 bridgehead atoms. The number of hydrogen-bond acceptors (Lipinski definition) is 3. The number of carbonyl (C=O) groups excluding carboxylic acids is 1. The van der Waals surface area contributed by atoms with Gasteiger partial charge >= 0.3 is 0 Å². The maximum Gasteiger partial charge on any atom is 0.223 e. The molecule has 1 N–H and O–H groups in total. The van der Waals surface area contributed by atoms with E-state index in [1.165, 1.54) is 0 Å². The van der Waals surface area contributed by atoms with Crippen LogP contribution in [0.2, 0.25) is 0 Å². The molecule has 2 rings (SSSR count). The lowest BCUT2D eigenvalue weighted by Gasteiger charge is -2.28. The first-order chi connectivity index (χ1) is 8.25. The number of amides is 1. The van der Waals surface area contributed by atoms with Crippen LogP contribution in [0.15, 0.2) is 24.5 Å². The van der Waals surface area contributed by atoms with Gasteiger partial charge in [0.25, 0.3) is 0 Å². The van der Waals surface area contributed by atoms with Gasteiger partial charge in [0.1, 0.15) is 0 Å². The summed E-state index contributed by atoms with van der Waals surface area (Å²) in [6.07, 6.45) is 5.44. The van der Waals surface area contributed by atoms with Gasteiger partial charge < -0.3 is 10.2 Å². The lowest BCUT2D eigenvalue weighted by Crippen LogP contribution is -2.38. The van der Waals surface area contributed by atoms with Crippen LogP contribution < -0.4 is 5.32 Å². The fourth-order valence-electron chi connectivity index (χ4n) is 2.10. The maximum absolute atomic E-state index is 11.9. The molecule has 0 aromatic carbocycles. The Hall–Kier alpha value is -1.42. The third-order valence-electron chi connectivity index (χ3n) is 3.31. The molecule has 1 aromatic heterocycles. The van der Waals surface area contributed by atoms with Crippen LogP contribution in [0.25, 0.3) is 0 Å². The number of rotatable bonds is 3. The summed E-state index contributed by atoms with van der Waals surface area (Å²) >= 11 is 0. The lowest BCUT2D eigenvalue weighted by molar-refractivity contribution is -0.126. The highest BCUT2D eigenvalue weighted by Crippen LogP contribution is 2.15. The zero-order chi connectivity index (χ0) is 12.1. The molecule has 1 aromatic rings. The molecule has 1 fully saturated rings. The van der Waals surface area contributed by atoms with Gasteiger partial charge in [0.2, 0.25) is 5.91 Å². The summed E-state index contributed by atoms with van der Waals surface area (Å²) < 4.78 is 0. The molecule has 17 heavy (non-hydrogen) atoms. The van der Waals surface area contributed by atoms with Crippen molar-refractivity contribution >= 4 is 5.91 Å². The Morgan fingerprint density at radius 3 is 2.71 bits per heavy atom. The molecule has 1 aliphatic rings. The van der Waals surface area contributed by atoms with E-state index in [2.05, 4.69) is 22.2 Å². The predicted octanol–water partition coefficient (Wildman–Crippen LogP) is 1.04. The van der Waals surface area contributed by atoms with Gasteiger partial charge in [0, 0.05) is 24.9 Å². The van der Waals surface area contributed by atoms with Gasteiger partial charge in [-0.15, -0.1) is 0 Å². The number of aromatic nitrogens is 1. The Labute approximate surface area is 102 Å². The molecule has 0 radical (unpaired) electrons. The van der Waals surface area contributed by atoms with Gasteiger partial charge in [0.05, 0.1) is 0 Å². The second-order valence-corrected chi connectivity index (χ2v) is 4.65. The number of pyridine rings is 1. The molecule has 4 heteroatoms. The van der Waals surface area contributed by atoms with Crippen LogP contribution in [-0.4, -0.2) is 35.9 Å². The average molecular weight is 233 g/mol. The van der Waals surface area contributed by atoms with Crippen molar-refractivity contribution in [1.29, 1.82) is 0 Å². The third-order valence-corrected chi connectivity index (χ3v) is 3.31. The topological polar surface area (TPSA) is 45.2 Å². The highest BCUT2D eigenvalue weighted by molar-refractivity contribution is 5.78. The first-order valence-corrected chi connectivity index (χ1v) is 6.11. The average Bonchev–Trinajstić information content (AvgIpc) is 2.38.